The molecule has 1 aromatic heterocycles. The second kappa shape index (κ2) is 6.08. The number of carbonyl (C=O) groups is 1. The van der Waals surface area contributed by atoms with Gasteiger partial charge in [-0.2, -0.15) is 18.3 Å². The first-order valence-electron chi connectivity index (χ1n) is 6.41. The van der Waals surface area contributed by atoms with Gasteiger partial charge in [-0.05, 0) is 37.3 Å². The van der Waals surface area contributed by atoms with Crippen LogP contribution in [-0.2, 0) is 19.3 Å². The van der Waals surface area contributed by atoms with Gasteiger partial charge in [-0.3, -0.25) is 4.68 Å². The molecule has 22 heavy (non-hydrogen) atoms. The highest BCUT2D eigenvalue weighted by atomic mass is 19.4. The Morgan fingerprint density at radius 3 is 2.45 bits per heavy atom. The first-order chi connectivity index (χ1) is 10.3. The van der Waals surface area contributed by atoms with Crippen LogP contribution in [0.25, 0.3) is 0 Å². The summed E-state index contributed by atoms with van der Waals surface area (Å²) in [6.45, 7) is 2.26. The highest BCUT2D eigenvalue weighted by Gasteiger charge is 2.30. The van der Waals surface area contributed by atoms with Gasteiger partial charge < -0.3 is 9.84 Å². The number of aryl methyl sites for hydroxylation is 1. The summed E-state index contributed by atoms with van der Waals surface area (Å²) in [6, 6.07) is 5.65. The molecular formula is C14H13F3N2O3. The minimum Gasteiger partial charge on any atom is -0.487 e. The van der Waals surface area contributed by atoms with Crippen molar-refractivity contribution < 1.29 is 27.8 Å². The lowest BCUT2D eigenvalue weighted by atomic mass is 10.2. The molecule has 0 unspecified atom stereocenters. The Morgan fingerprint density at radius 1 is 1.32 bits per heavy atom. The predicted molar refractivity (Wildman–Crippen MR) is 70.6 cm³/mol. The zero-order valence-electron chi connectivity index (χ0n) is 11.6. The molecule has 2 aromatic rings. The van der Waals surface area contributed by atoms with Crippen molar-refractivity contribution >= 4 is 5.97 Å². The summed E-state index contributed by atoms with van der Waals surface area (Å²) >= 11 is 0. The molecule has 8 heteroatoms. The summed E-state index contributed by atoms with van der Waals surface area (Å²) in [5.74, 6) is -0.892. The molecule has 0 atom stereocenters. The number of carboxylic acid groups (broad SMARTS) is 1. The molecule has 0 amide bonds. The number of aromatic nitrogens is 2. The van der Waals surface area contributed by atoms with Crippen LogP contribution >= 0.6 is 0 Å². The van der Waals surface area contributed by atoms with E-state index in [0.29, 0.717) is 12.2 Å². The van der Waals surface area contributed by atoms with Crippen molar-refractivity contribution in [3.8, 4) is 5.75 Å². The molecule has 0 aliphatic heterocycles. The molecule has 0 saturated heterocycles. The van der Waals surface area contributed by atoms with Gasteiger partial charge in [-0.15, -0.1) is 0 Å². The number of carboxylic acids is 1. The molecule has 0 aliphatic carbocycles. The summed E-state index contributed by atoms with van der Waals surface area (Å²) in [7, 11) is 0. The van der Waals surface area contributed by atoms with E-state index in [4.69, 9.17) is 9.84 Å². The Kier molecular flexibility index (Phi) is 4.39. The maximum absolute atomic E-state index is 12.4. The molecule has 0 bridgehead atoms. The van der Waals surface area contributed by atoms with Gasteiger partial charge >= 0.3 is 12.1 Å². The zero-order valence-corrected chi connectivity index (χ0v) is 11.6. The lowest BCUT2D eigenvalue weighted by Gasteiger charge is -2.09. The molecule has 0 spiro atoms. The Morgan fingerprint density at radius 2 is 1.95 bits per heavy atom. The van der Waals surface area contributed by atoms with Crippen LogP contribution in [0.3, 0.4) is 0 Å². The van der Waals surface area contributed by atoms with Gasteiger partial charge in [0.1, 0.15) is 12.4 Å². The van der Waals surface area contributed by atoms with E-state index in [2.05, 4.69) is 5.10 Å². The van der Waals surface area contributed by atoms with Crippen LogP contribution in [-0.4, -0.2) is 20.9 Å². The van der Waals surface area contributed by atoms with Crippen molar-refractivity contribution in [1.29, 1.82) is 0 Å². The third kappa shape index (κ3) is 3.57. The Balaban J connectivity index is 2.08. The lowest BCUT2D eigenvalue weighted by Crippen LogP contribution is -2.07. The van der Waals surface area contributed by atoms with Gasteiger partial charge in [0.15, 0.2) is 5.69 Å². The van der Waals surface area contributed by atoms with Crippen molar-refractivity contribution in [2.75, 3.05) is 0 Å². The molecule has 1 N–H and O–H groups in total. The number of benzene rings is 1. The van der Waals surface area contributed by atoms with Gasteiger partial charge in [0.05, 0.1) is 11.3 Å². The Labute approximate surface area is 123 Å². The fourth-order valence-corrected chi connectivity index (χ4v) is 1.85. The van der Waals surface area contributed by atoms with E-state index in [9.17, 15) is 18.0 Å². The van der Waals surface area contributed by atoms with Crippen molar-refractivity contribution in [1.82, 2.24) is 9.78 Å². The number of hydrogen-bond acceptors (Lipinski definition) is 3. The van der Waals surface area contributed by atoms with E-state index in [1.165, 1.54) is 22.9 Å². The average molecular weight is 314 g/mol. The Bertz CT molecular complexity index is 663. The van der Waals surface area contributed by atoms with Crippen LogP contribution in [0.2, 0.25) is 0 Å². The predicted octanol–water partition coefficient (Wildman–Crippen LogP) is 3.20. The van der Waals surface area contributed by atoms with Crippen LogP contribution in [0, 0.1) is 0 Å². The largest absolute Gasteiger partial charge is 0.487 e. The van der Waals surface area contributed by atoms with Crippen LogP contribution < -0.4 is 4.74 Å². The number of nitrogens with zero attached hydrogens (tertiary/aromatic N) is 2. The summed E-state index contributed by atoms with van der Waals surface area (Å²) in [4.78, 5) is 10.9. The average Bonchev–Trinajstić information content (AvgIpc) is 2.88. The third-order valence-corrected chi connectivity index (χ3v) is 2.95. The van der Waals surface area contributed by atoms with Gasteiger partial charge in [-0.25, -0.2) is 4.79 Å². The summed E-state index contributed by atoms with van der Waals surface area (Å²) in [6.07, 6.45) is -4.39. The van der Waals surface area contributed by atoms with Gasteiger partial charge in [-0.1, -0.05) is 0 Å². The van der Waals surface area contributed by atoms with E-state index < -0.39 is 17.7 Å². The number of aromatic carboxylic acids is 1. The van der Waals surface area contributed by atoms with Crippen molar-refractivity contribution in [3.05, 3.63) is 47.3 Å². The Hall–Kier alpha value is -2.51. The monoisotopic (exact) mass is 314 g/mol. The van der Waals surface area contributed by atoms with E-state index in [1.807, 2.05) is 0 Å². The minimum atomic E-state index is -4.39. The second-order valence-electron chi connectivity index (χ2n) is 4.45. The van der Waals surface area contributed by atoms with E-state index in [1.54, 1.807) is 6.92 Å². The van der Waals surface area contributed by atoms with Gasteiger partial charge in [0, 0.05) is 6.54 Å². The molecule has 1 heterocycles. The van der Waals surface area contributed by atoms with Crippen LogP contribution in [0.5, 0.6) is 5.75 Å². The summed E-state index contributed by atoms with van der Waals surface area (Å²) < 4.78 is 44.2. The van der Waals surface area contributed by atoms with Crippen LogP contribution in [0.15, 0.2) is 30.3 Å². The van der Waals surface area contributed by atoms with Gasteiger partial charge in [0.2, 0.25) is 0 Å². The fourth-order valence-electron chi connectivity index (χ4n) is 1.85. The first kappa shape index (κ1) is 15.9. The number of ether oxygens (including phenoxy) is 1. The quantitative estimate of drug-likeness (QED) is 0.920. The smallest absolute Gasteiger partial charge is 0.416 e. The number of halogens is 3. The SMILES string of the molecule is CCn1nc(C(=O)O)cc1COc1ccc(C(F)(F)F)cc1. The van der Waals surface area contributed by atoms with E-state index >= 15 is 0 Å². The standard InChI is InChI=1S/C14H13F3N2O3/c1-2-19-10(7-12(18-19)13(20)21)8-22-11-5-3-9(4-6-11)14(15,16)17/h3-7H,2,8H2,1H3,(H,20,21). The van der Waals surface area contributed by atoms with E-state index in [0.717, 1.165) is 12.1 Å². The molecule has 0 aliphatic rings. The minimum absolute atomic E-state index is 0.0134. The summed E-state index contributed by atoms with van der Waals surface area (Å²) in [5.41, 5.74) is -0.334. The van der Waals surface area contributed by atoms with Gasteiger partial charge in [0.25, 0.3) is 0 Å². The maximum Gasteiger partial charge on any atom is 0.416 e. The second-order valence-corrected chi connectivity index (χ2v) is 4.45. The van der Waals surface area contributed by atoms with Crippen LogP contribution in [0.1, 0.15) is 28.7 Å². The molecule has 1 aromatic carbocycles. The molecule has 118 valence electrons. The van der Waals surface area contributed by atoms with E-state index in [-0.39, 0.29) is 18.1 Å². The normalized spacial score (nSPS) is 11.5. The number of rotatable bonds is 5. The summed E-state index contributed by atoms with van der Waals surface area (Å²) in [5, 5.41) is 12.8. The van der Waals surface area contributed by atoms with Crippen molar-refractivity contribution in [2.24, 2.45) is 0 Å². The maximum atomic E-state index is 12.4. The molecule has 0 saturated carbocycles. The molecule has 5 nitrogen and oxygen atoms in total. The zero-order chi connectivity index (χ0) is 16.3. The third-order valence-electron chi connectivity index (χ3n) is 2.95. The molecule has 0 radical (unpaired) electrons. The topological polar surface area (TPSA) is 64.4 Å². The number of alkyl halides is 3. The fraction of sp³-hybridized carbons (Fsp3) is 0.286. The highest BCUT2D eigenvalue weighted by Crippen LogP contribution is 2.30. The molecule has 0 fully saturated rings. The van der Waals surface area contributed by atoms with Crippen molar-refractivity contribution in [2.45, 2.75) is 26.3 Å². The number of hydrogen-bond donors (Lipinski definition) is 1. The molecular weight excluding hydrogens is 301 g/mol. The first-order valence-corrected chi connectivity index (χ1v) is 6.41. The van der Waals surface area contributed by atoms with Crippen molar-refractivity contribution in [3.63, 3.8) is 0 Å². The van der Waals surface area contributed by atoms with Crippen LogP contribution in [0.4, 0.5) is 13.2 Å². The highest BCUT2D eigenvalue weighted by molar-refractivity contribution is 5.85. The molecule has 2 rings (SSSR count). The lowest BCUT2D eigenvalue weighted by molar-refractivity contribution is -0.137.